The van der Waals surface area contributed by atoms with E-state index in [-0.39, 0.29) is 0 Å². The lowest BCUT2D eigenvalue weighted by atomic mass is 10.5. The summed E-state index contributed by atoms with van der Waals surface area (Å²) >= 11 is 1.09. The molecule has 1 rings (SSSR count). The molecule has 0 fully saturated rings. The van der Waals surface area contributed by atoms with Gasteiger partial charge < -0.3 is 4.74 Å². The molecule has 0 radical (unpaired) electrons. The topological polar surface area (TPSA) is 76.7 Å². The minimum atomic E-state index is -1.21. The second-order valence-electron chi connectivity index (χ2n) is 1.92. The fourth-order valence-corrected chi connectivity index (χ4v) is 1.12. The number of thioether (sulfide) groups is 1. The first-order valence-corrected chi connectivity index (χ1v) is 3.99. The van der Waals surface area contributed by atoms with Gasteiger partial charge in [0.05, 0.1) is 12.2 Å². The van der Waals surface area contributed by atoms with Crippen LogP contribution in [0, 0.1) is 0 Å². The average molecular weight is 175 g/mol. The highest BCUT2D eigenvalue weighted by Crippen LogP contribution is 2.19. The molecule has 1 atom stereocenters. The van der Waals surface area contributed by atoms with Crippen molar-refractivity contribution in [3.8, 4) is 0 Å². The van der Waals surface area contributed by atoms with Gasteiger partial charge >= 0.3 is 5.97 Å². The fraction of sp³-hybridized carbons (Fsp3) is 0.600. The summed E-state index contributed by atoms with van der Waals surface area (Å²) in [6.07, 6.45) is 0. The van der Waals surface area contributed by atoms with Gasteiger partial charge in [0.1, 0.15) is 0 Å². The van der Waals surface area contributed by atoms with Crippen molar-refractivity contribution in [1.29, 1.82) is 0 Å². The van der Waals surface area contributed by atoms with Crippen molar-refractivity contribution in [2.75, 3.05) is 6.61 Å². The van der Waals surface area contributed by atoms with E-state index in [0.29, 0.717) is 6.61 Å². The summed E-state index contributed by atoms with van der Waals surface area (Å²) in [5, 5.41) is 3.60. The van der Waals surface area contributed by atoms with Crippen molar-refractivity contribution in [2.24, 2.45) is 10.8 Å². The number of nitrogens with one attached hydrogen (secondary N) is 1. The normalized spacial score (nSPS) is 28.2. The molecular formula is C5H9N3O2S. The van der Waals surface area contributed by atoms with Gasteiger partial charge in [0.25, 0.3) is 4.99 Å². The van der Waals surface area contributed by atoms with Gasteiger partial charge in [0, 0.05) is 0 Å². The number of ether oxygens (including phenoxy) is 1. The molecule has 11 heavy (non-hydrogen) atoms. The maximum Gasteiger partial charge on any atom is 0.359 e. The van der Waals surface area contributed by atoms with Crippen LogP contribution in [0.2, 0.25) is 0 Å². The highest BCUT2D eigenvalue weighted by molar-refractivity contribution is 8.14. The molecule has 0 aromatic heterocycles. The Balaban J connectivity index is 2.51. The standard InChI is InChI=1S/C5H9N3O2S/c1-2-10-4(9)5(6)8-7-3-11-5/h3,8H,2,6H2,1H3. The molecule has 0 aromatic carbocycles. The lowest BCUT2D eigenvalue weighted by molar-refractivity contribution is -0.146. The van der Waals surface area contributed by atoms with E-state index < -0.39 is 11.0 Å². The number of hydrogen-bond acceptors (Lipinski definition) is 6. The number of carbonyl (C=O) groups is 1. The van der Waals surface area contributed by atoms with Gasteiger partial charge in [-0.15, -0.1) is 0 Å². The quantitative estimate of drug-likeness (QED) is 0.550. The summed E-state index contributed by atoms with van der Waals surface area (Å²) in [7, 11) is 0. The third-order valence-electron chi connectivity index (χ3n) is 1.10. The highest BCUT2D eigenvalue weighted by Gasteiger charge is 2.38. The lowest BCUT2D eigenvalue weighted by Crippen LogP contribution is -2.53. The molecule has 0 aromatic rings. The van der Waals surface area contributed by atoms with Gasteiger partial charge in [-0.3, -0.25) is 11.2 Å². The molecule has 0 saturated heterocycles. The Morgan fingerprint density at radius 2 is 2.73 bits per heavy atom. The van der Waals surface area contributed by atoms with E-state index >= 15 is 0 Å². The van der Waals surface area contributed by atoms with E-state index in [1.165, 1.54) is 5.55 Å². The highest BCUT2D eigenvalue weighted by atomic mass is 32.2. The Morgan fingerprint density at radius 1 is 2.00 bits per heavy atom. The van der Waals surface area contributed by atoms with E-state index in [4.69, 9.17) is 10.5 Å². The molecule has 62 valence electrons. The van der Waals surface area contributed by atoms with E-state index in [1.807, 2.05) is 0 Å². The third-order valence-corrected chi connectivity index (χ3v) is 1.94. The van der Waals surface area contributed by atoms with Crippen LogP contribution in [0.3, 0.4) is 0 Å². The predicted octanol–water partition coefficient (Wildman–Crippen LogP) is -0.558. The van der Waals surface area contributed by atoms with Crippen molar-refractivity contribution < 1.29 is 9.53 Å². The van der Waals surface area contributed by atoms with Crippen LogP contribution in [0.4, 0.5) is 0 Å². The fourth-order valence-electron chi connectivity index (χ4n) is 0.590. The van der Waals surface area contributed by atoms with Gasteiger partial charge in [-0.1, -0.05) is 11.8 Å². The van der Waals surface area contributed by atoms with Gasteiger partial charge in [0.15, 0.2) is 0 Å². The smallest absolute Gasteiger partial charge is 0.359 e. The number of nitrogens with two attached hydrogens (primary N) is 1. The monoisotopic (exact) mass is 175 g/mol. The second-order valence-corrected chi connectivity index (χ2v) is 3.01. The third kappa shape index (κ3) is 1.63. The number of hydrogen-bond donors (Lipinski definition) is 2. The van der Waals surface area contributed by atoms with Gasteiger partial charge in [0.2, 0.25) is 0 Å². The lowest BCUT2D eigenvalue weighted by Gasteiger charge is -2.18. The van der Waals surface area contributed by atoms with Crippen LogP contribution in [-0.4, -0.2) is 23.1 Å². The maximum atomic E-state index is 11.1. The first kappa shape index (κ1) is 8.35. The largest absolute Gasteiger partial charge is 0.463 e. The second kappa shape index (κ2) is 3.10. The van der Waals surface area contributed by atoms with Crippen LogP contribution in [0.1, 0.15) is 6.92 Å². The van der Waals surface area contributed by atoms with Gasteiger partial charge in [-0.25, -0.2) is 4.79 Å². The zero-order valence-corrected chi connectivity index (χ0v) is 6.85. The van der Waals surface area contributed by atoms with Gasteiger partial charge in [-0.2, -0.15) is 5.10 Å². The van der Waals surface area contributed by atoms with Crippen LogP contribution in [-0.2, 0) is 9.53 Å². The molecule has 5 nitrogen and oxygen atoms in total. The van der Waals surface area contributed by atoms with Gasteiger partial charge in [-0.05, 0) is 6.92 Å². The van der Waals surface area contributed by atoms with Crippen molar-refractivity contribution in [2.45, 2.75) is 11.9 Å². The van der Waals surface area contributed by atoms with Crippen LogP contribution in [0.15, 0.2) is 5.10 Å². The van der Waals surface area contributed by atoms with Crippen molar-refractivity contribution in [3.05, 3.63) is 0 Å². The zero-order valence-electron chi connectivity index (χ0n) is 6.03. The summed E-state index contributed by atoms with van der Waals surface area (Å²) in [6, 6.07) is 0. The molecule has 3 N–H and O–H groups in total. The average Bonchev–Trinajstić information content (AvgIpc) is 2.38. The van der Waals surface area contributed by atoms with Crippen LogP contribution >= 0.6 is 11.8 Å². The van der Waals surface area contributed by atoms with E-state index in [2.05, 4.69) is 10.5 Å². The van der Waals surface area contributed by atoms with Crippen molar-refractivity contribution in [3.63, 3.8) is 0 Å². The molecule has 0 saturated carbocycles. The predicted molar refractivity (Wildman–Crippen MR) is 42.8 cm³/mol. The summed E-state index contributed by atoms with van der Waals surface area (Å²) in [6.45, 7) is 2.04. The van der Waals surface area contributed by atoms with Crippen LogP contribution in [0.25, 0.3) is 0 Å². The number of nitrogens with zero attached hydrogens (tertiary/aromatic N) is 1. The van der Waals surface area contributed by atoms with E-state index in [1.54, 1.807) is 6.92 Å². The summed E-state index contributed by atoms with van der Waals surface area (Å²) in [5.74, 6) is -0.498. The Morgan fingerprint density at radius 3 is 3.18 bits per heavy atom. The molecule has 0 amide bonds. The summed E-state index contributed by atoms with van der Waals surface area (Å²) in [5.41, 5.74) is 9.46. The van der Waals surface area contributed by atoms with E-state index in [0.717, 1.165) is 11.8 Å². The van der Waals surface area contributed by atoms with Crippen LogP contribution < -0.4 is 11.2 Å². The molecule has 1 aliphatic rings. The van der Waals surface area contributed by atoms with Crippen molar-refractivity contribution >= 4 is 23.3 Å². The number of hydrazone groups is 1. The Labute approximate surface area is 68.3 Å². The zero-order chi connectivity index (χ0) is 8.32. The molecular weight excluding hydrogens is 166 g/mol. The SMILES string of the molecule is CCOC(=O)C1(N)NN=CS1. The minimum Gasteiger partial charge on any atom is -0.463 e. The molecule has 1 unspecified atom stereocenters. The number of rotatable bonds is 2. The molecule has 0 bridgehead atoms. The summed E-state index contributed by atoms with van der Waals surface area (Å²) in [4.78, 5) is 9.84. The maximum absolute atomic E-state index is 11.1. The van der Waals surface area contributed by atoms with Crippen molar-refractivity contribution in [1.82, 2.24) is 5.43 Å². The summed E-state index contributed by atoms with van der Waals surface area (Å²) < 4.78 is 4.70. The van der Waals surface area contributed by atoms with E-state index in [9.17, 15) is 4.79 Å². The molecule has 1 aliphatic heterocycles. The first-order valence-electron chi connectivity index (χ1n) is 3.11. The van der Waals surface area contributed by atoms with Crippen LogP contribution in [0.5, 0.6) is 0 Å². The first-order chi connectivity index (χ1) is 5.19. The minimum absolute atomic E-state index is 0.319. The molecule has 0 spiro atoms. The Kier molecular flexibility index (Phi) is 2.35. The number of esters is 1. The molecule has 6 heteroatoms. The number of carbonyl (C=O) groups excluding carboxylic acids is 1. The Bertz CT molecular complexity index is 186. The molecule has 1 heterocycles. The molecule has 0 aliphatic carbocycles. The Hall–Kier alpha value is -0.750.